The number of carbonyl (C=O) groups excluding carboxylic acids is 2. The van der Waals surface area contributed by atoms with Gasteiger partial charge in [0.1, 0.15) is 11.6 Å². The van der Waals surface area contributed by atoms with Gasteiger partial charge in [0.05, 0.1) is 26.3 Å². The van der Waals surface area contributed by atoms with E-state index in [0.29, 0.717) is 36.5 Å². The molecule has 0 spiro atoms. The SMILES string of the molecule is CCOc1ccc(NC(=O)CN(C)CC(=O)Nc2cc(F)cc(F)c2)cc1OCC. The van der Waals surface area contributed by atoms with Gasteiger partial charge in [-0.05, 0) is 45.2 Å². The van der Waals surface area contributed by atoms with E-state index in [9.17, 15) is 18.4 Å². The van der Waals surface area contributed by atoms with Crippen LogP contribution in [0, 0.1) is 11.6 Å². The lowest BCUT2D eigenvalue weighted by atomic mass is 10.2. The molecule has 0 radical (unpaired) electrons. The number of carbonyl (C=O) groups is 2. The molecular weight excluding hydrogens is 396 g/mol. The number of nitrogens with one attached hydrogen (secondary N) is 2. The van der Waals surface area contributed by atoms with E-state index >= 15 is 0 Å². The molecule has 162 valence electrons. The molecule has 0 aliphatic carbocycles. The summed E-state index contributed by atoms with van der Waals surface area (Å²) in [6.07, 6.45) is 0. The molecule has 2 aromatic rings. The third-order valence-electron chi connectivity index (χ3n) is 3.80. The highest BCUT2D eigenvalue weighted by Crippen LogP contribution is 2.30. The van der Waals surface area contributed by atoms with Crippen LogP contribution in [0.2, 0.25) is 0 Å². The van der Waals surface area contributed by atoms with Crippen LogP contribution in [-0.4, -0.2) is 50.1 Å². The van der Waals surface area contributed by atoms with E-state index in [-0.39, 0.29) is 24.7 Å². The Hall–Kier alpha value is -3.20. The zero-order chi connectivity index (χ0) is 22.1. The summed E-state index contributed by atoms with van der Waals surface area (Å²) < 4.78 is 37.4. The van der Waals surface area contributed by atoms with E-state index in [1.54, 1.807) is 25.2 Å². The molecule has 0 aliphatic rings. The van der Waals surface area contributed by atoms with Gasteiger partial charge in [0.2, 0.25) is 11.8 Å². The molecule has 2 rings (SSSR count). The lowest BCUT2D eigenvalue weighted by Gasteiger charge is -2.17. The van der Waals surface area contributed by atoms with Crippen LogP contribution in [-0.2, 0) is 9.59 Å². The Bertz CT molecular complexity index is 872. The maximum atomic E-state index is 13.2. The Morgan fingerprint density at radius 3 is 1.93 bits per heavy atom. The van der Waals surface area contributed by atoms with Gasteiger partial charge in [0, 0.05) is 23.5 Å². The van der Waals surface area contributed by atoms with Crippen LogP contribution in [0.1, 0.15) is 13.8 Å². The number of halogens is 2. The number of hydrogen-bond donors (Lipinski definition) is 2. The highest BCUT2D eigenvalue weighted by molar-refractivity contribution is 5.94. The smallest absolute Gasteiger partial charge is 0.238 e. The quantitative estimate of drug-likeness (QED) is 0.616. The molecule has 0 saturated carbocycles. The van der Waals surface area contributed by atoms with Gasteiger partial charge in [0.15, 0.2) is 11.5 Å². The van der Waals surface area contributed by atoms with Gasteiger partial charge in [-0.2, -0.15) is 0 Å². The number of rotatable bonds is 10. The Morgan fingerprint density at radius 2 is 1.37 bits per heavy atom. The predicted octanol–water partition coefficient (Wildman–Crippen LogP) is 3.27. The second-order valence-electron chi connectivity index (χ2n) is 6.45. The summed E-state index contributed by atoms with van der Waals surface area (Å²) >= 11 is 0. The molecule has 9 heteroatoms. The second-order valence-corrected chi connectivity index (χ2v) is 6.45. The molecule has 0 heterocycles. The number of nitrogens with zero attached hydrogens (tertiary/aromatic N) is 1. The third kappa shape index (κ3) is 7.32. The van der Waals surface area contributed by atoms with Crippen molar-refractivity contribution >= 4 is 23.2 Å². The average molecular weight is 421 g/mol. The number of amides is 2. The molecule has 7 nitrogen and oxygen atoms in total. The van der Waals surface area contributed by atoms with Crippen LogP contribution in [0.15, 0.2) is 36.4 Å². The summed E-state index contributed by atoms with van der Waals surface area (Å²) in [5.41, 5.74) is 0.535. The minimum atomic E-state index is -0.792. The number of ether oxygens (including phenoxy) is 2. The monoisotopic (exact) mass is 421 g/mol. The Kier molecular flexibility index (Phi) is 8.54. The van der Waals surface area contributed by atoms with E-state index < -0.39 is 17.5 Å². The fourth-order valence-corrected chi connectivity index (χ4v) is 2.70. The predicted molar refractivity (Wildman–Crippen MR) is 110 cm³/mol. The summed E-state index contributed by atoms with van der Waals surface area (Å²) in [5, 5.41) is 5.13. The van der Waals surface area contributed by atoms with E-state index in [0.717, 1.165) is 12.1 Å². The van der Waals surface area contributed by atoms with E-state index in [4.69, 9.17) is 9.47 Å². The Balaban J connectivity index is 1.89. The largest absolute Gasteiger partial charge is 0.490 e. The Morgan fingerprint density at radius 1 is 0.833 bits per heavy atom. The van der Waals surface area contributed by atoms with Gasteiger partial charge < -0.3 is 20.1 Å². The summed E-state index contributed by atoms with van der Waals surface area (Å²) in [6, 6.07) is 7.79. The first-order valence-electron chi connectivity index (χ1n) is 9.44. The first kappa shape index (κ1) is 23.1. The summed E-state index contributed by atoms with van der Waals surface area (Å²) in [6.45, 7) is 4.44. The van der Waals surface area contributed by atoms with Crippen LogP contribution in [0.4, 0.5) is 20.2 Å². The normalized spacial score (nSPS) is 10.6. The van der Waals surface area contributed by atoms with Crippen molar-refractivity contribution in [1.29, 1.82) is 0 Å². The van der Waals surface area contributed by atoms with Crippen molar-refractivity contribution in [2.45, 2.75) is 13.8 Å². The maximum Gasteiger partial charge on any atom is 0.238 e. The fraction of sp³-hybridized carbons (Fsp3) is 0.333. The molecule has 0 bridgehead atoms. The van der Waals surface area contributed by atoms with E-state index in [1.165, 1.54) is 4.90 Å². The minimum absolute atomic E-state index is 0.00759. The minimum Gasteiger partial charge on any atom is -0.490 e. The van der Waals surface area contributed by atoms with Crippen molar-refractivity contribution in [1.82, 2.24) is 4.90 Å². The van der Waals surface area contributed by atoms with Gasteiger partial charge in [0.25, 0.3) is 0 Å². The van der Waals surface area contributed by atoms with Crippen LogP contribution in [0.25, 0.3) is 0 Å². The van der Waals surface area contributed by atoms with Crippen LogP contribution >= 0.6 is 0 Å². The van der Waals surface area contributed by atoms with Crippen LogP contribution in [0.3, 0.4) is 0 Å². The zero-order valence-corrected chi connectivity index (χ0v) is 17.1. The van der Waals surface area contributed by atoms with Gasteiger partial charge in [-0.15, -0.1) is 0 Å². The molecule has 2 N–H and O–H groups in total. The number of hydrogen-bond acceptors (Lipinski definition) is 5. The summed E-state index contributed by atoms with van der Waals surface area (Å²) in [4.78, 5) is 25.8. The van der Waals surface area contributed by atoms with E-state index in [2.05, 4.69) is 10.6 Å². The molecule has 0 fully saturated rings. The summed E-state index contributed by atoms with van der Waals surface area (Å²) in [5.74, 6) is -1.32. The van der Waals surface area contributed by atoms with Crippen LogP contribution < -0.4 is 20.1 Å². The summed E-state index contributed by atoms with van der Waals surface area (Å²) in [7, 11) is 1.58. The molecule has 2 aromatic carbocycles. The molecule has 0 unspecified atom stereocenters. The van der Waals surface area contributed by atoms with Gasteiger partial charge in [-0.1, -0.05) is 0 Å². The molecule has 0 atom stereocenters. The van der Waals surface area contributed by atoms with Crippen molar-refractivity contribution in [3.8, 4) is 11.5 Å². The first-order chi connectivity index (χ1) is 14.3. The van der Waals surface area contributed by atoms with Crippen LogP contribution in [0.5, 0.6) is 11.5 Å². The van der Waals surface area contributed by atoms with Crippen molar-refractivity contribution in [2.75, 3.05) is 44.0 Å². The maximum absolute atomic E-state index is 13.2. The molecule has 0 saturated heterocycles. The van der Waals surface area contributed by atoms with Crippen molar-refractivity contribution in [3.63, 3.8) is 0 Å². The number of likely N-dealkylation sites (N-methyl/N-ethyl adjacent to an activating group) is 1. The standard InChI is InChI=1S/C21H25F2N3O4/c1-4-29-18-7-6-16(11-19(18)30-5-2)24-20(27)12-26(3)13-21(28)25-17-9-14(22)8-15(23)10-17/h6-11H,4-5,12-13H2,1-3H3,(H,24,27)(H,25,28). The van der Waals surface area contributed by atoms with Crippen molar-refractivity contribution in [2.24, 2.45) is 0 Å². The third-order valence-corrected chi connectivity index (χ3v) is 3.80. The topological polar surface area (TPSA) is 79.9 Å². The molecule has 0 aliphatic heterocycles. The van der Waals surface area contributed by atoms with E-state index in [1.807, 2.05) is 13.8 Å². The molecule has 2 amide bonds. The molecule has 30 heavy (non-hydrogen) atoms. The second kappa shape index (κ2) is 11.1. The van der Waals surface area contributed by atoms with Gasteiger partial charge in [-0.3, -0.25) is 14.5 Å². The fourth-order valence-electron chi connectivity index (χ4n) is 2.70. The highest BCUT2D eigenvalue weighted by atomic mass is 19.1. The molecule has 0 aromatic heterocycles. The van der Waals surface area contributed by atoms with Crippen molar-refractivity contribution < 1.29 is 27.8 Å². The highest BCUT2D eigenvalue weighted by Gasteiger charge is 2.13. The average Bonchev–Trinajstić information content (AvgIpc) is 2.62. The van der Waals surface area contributed by atoms with Gasteiger partial charge >= 0.3 is 0 Å². The zero-order valence-electron chi connectivity index (χ0n) is 17.1. The Labute approximate surface area is 174 Å². The first-order valence-corrected chi connectivity index (χ1v) is 9.44. The number of anilines is 2. The lowest BCUT2D eigenvalue weighted by molar-refractivity contribution is -0.119. The lowest BCUT2D eigenvalue weighted by Crippen LogP contribution is -2.36. The van der Waals surface area contributed by atoms with Crippen molar-refractivity contribution in [3.05, 3.63) is 48.0 Å². The number of benzene rings is 2. The molecular formula is C21H25F2N3O4. The van der Waals surface area contributed by atoms with Gasteiger partial charge in [-0.25, -0.2) is 8.78 Å².